The van der Waals surface area contributed by atoms with Gasteiger partial charge in [-0.1, -0.05) is 36.7 Å². The van der Waals surface area contributed by atoms with E-state index in [-0.39, 0.29) is 11.8 Å². The Kier molecular flexibility index (Phi) is 5.15. The van der Waals surface area contributed by atoms with Crippen molar-refractivity contribution < 1.29 is 13.5 Å². The smallest absolute Gasteiger partial charge is 0.140 e. The van der Waals surface area contributed by atoms with E-state index in [1.165, 1.54) is 0 Å². The van der Waals surface area contributed by atoms with E-state index in [0.717, 1.165) is 18.2 Å². The van der Waals surface area contributed by atoms with E-state index in [4.69, 9.17) is 22.1 Å². The molecule has 0 heterocycles. The topological polar surface area (TPSA) is 35.2 Å². The summed E-state index contributed by atoms with van der Waals surface area (Å²) >= 11 is 6.17. The molecule has 2 nitrogen and oxygen atoms in total. The van der Waals surface area contributed by atoms with Crippen LogP contribution in [0, 0.1) is 11.6 Å². The number of hydrogen-bond acceptors (Lipinski definition) is 2. The Labute approximate surface area is 127 Å². The molecule has 112 valence electrons. The van der Waals surface area contributed by atoms with Gasteiger partial charge in [0, 0.05) is 34.8 Å². The molecule has 2 atom stereocenters. The number of halogens is 3. The first-order chi connectivity index (χ1) is 10.0. The van der Waals surface area contributed by atoms with E-state index in [0.29, 0.717) is 17.0 Å². The zero-order valence-electron chi connectivity index (χ0n) is 11.5. The van der Waals surface area contributed by atoms with Gasteiger partial charge in [0.05, 0.1) is 0 Å². The Bertz CT molecular complexity index is 601. The van der Waals surface area contributed by atoms with Crippen LogP contribution in [0.3, 0.4) is 0 Å². The van der Waals surface area contributed by atoms with Crippen LogP contribution >= 0.6 is 11.6 Å². The molecule has 0 spiro atoms. The SMILES string of the molecule is CCC(N)C(Oc1cc(F)cc(F)c1)c1ccccc1Cl. The van der Waals surface area contributed by atoms with Gasteiger partial charge in [-0.15, -0.1) is 0 Å². The van der Waals surface area contributed by atoms with Crippen molar-refractivity contribution in [3.05, 3.63) is 64.7 Å². The summed E-state index contributed by atoms with van der Waals surface area (Å²) < 4.78 is 32.2. The zero-order valence-corrected chi connectivity index (χ0v) is 12.3. The molecule has 2 aromatic rings. The molecular formula is C16H16ClF2NO. The Hall–Kier alpha value is -1.65. The van der Waals surface area contributed by atoms with Crippen LogP contribution in [0.15, 0.2) is 42.5 Å². The van der Waals surface area contributed by atoms with Crippen LogP contribution in [0.1, 0.15) is 25.0 Å². The monoisotopic (exact) mass is 311 g/mol. The van der Waals surface area contributed by atoms with Crippen LogP contribution in [0.5, 0.6) is 5.75 Å². The summed E-state index contributed by atoms with van der Waals surface area (Å²) in [5, 5.41) is 0.503. The van der Waals surface area contributed by atoms with Crippen LogP contribution in [0.2, 0.25) is 5.02 Å². The second kappa shape index (κ2) is 6.87. The van der Waals surface area contributed by atoms with Crippen LogP contribution < -0.4 is 10.5 Å². The highest BCUT2D eigenvalue weighted by atomic mass is 35.5. The largest absolute Gasteiger partial charge is 0.484 e. The third-order valence-corrected chi connectivity index (χ3v) is 3.52. The zero-order chi connectivity index (χ0) is 15.4. The average Bonchev–Trinajstić information content (AvgIpc) is 2.44. The lowest BCUT2D eigenvalue weighted by molar-refractivity contribution is 0.170. The summed E-state index contributed by atoms with van der Waals surface area (Å²) in [7, 11) is 0. The first kappa shape index (κ1) is 15.7. The Morgan fingerprint density at radius 1 is 1.14 bits per heavy atom. The van der Waals surface area contributed by atoms with E-state index >= 15 is 0 Å². The highest BCUT2D eigenvalue weighted by Gasteiger charge is 2.23. The highest BCUT2D eigenvalue weighted by molar-refractivity contribution is 6.31. The van der Waals surface area contributed by atoms with Gasteiger partial charge >= 0.3 is 0 Å². The molecule has 2 unspecified atom stereocenters. The van der Waals surface area contributed by atoms with Crippen molar-refractivity contribution in [3.63, 3.8) is 0 Å². The molecule has 5 heteroatoms. The van der Waals surface area contributed by atoms with Gasteiger partial charge in [-0.3, -0.25) is 0 Å². The normalized spacial score (nSPS) is 13.8. The minimum atomic E-state index is -0.701. The molecule has 0 aliphatic rings. The Morgan fingerprint density at radius 3 is 2.33 bits per heavy atom. The molecule has 0 aromatic heterocycles. The summed E-state index contributed by atoms with van der Waals surface area (Å²) in [4.78, 5) is 0. The summed E-state index contributed by atoms with van der Waals surface area (Å²) in [6.07, 6.45) is 0.0538. The molecule has 2 aromatic carbocycles. The minimum absolute atomic E-state index is 0.0846. The molecular weight excluding hydrogens is 296 g/mol. The average molecular weight is 312 g/mol. The molecule has 0 bridgehead atoms. The summed E-state index contributed by atoms with van der Waals surface area (Å²) in [6.45, 7) is 1.91. The molecule has 0 radical (unpaired) electrons. The maximum absolute atomic E-state index is 13.3. The number of rotatable bonds is 5. The van der Waals surface area contributed by atoms with Gasteiger partial charge in [-0.25, -0.2) is 8.78 Å². The van der Waals surface area contributed by atoms with E-state index in [1.807, 2.05) is 13.0 Å². The molecule has 2 rings (SSSR count). The fourth-order valence-corrected chi connectivity index (χ4v) is 2.29. The maximum Gasteiger partial charge on any atom is 0.140 e. The fraction of sp³-hybridized carbons (Fsp3) is 0.250. The van der Waals surface area contributed by atoms with Crippen molar-refractivity contribution in [1.29, 1.82) is 0 Å². The second-order valence-electron chi connectivity index (χ2n) is 4.74. The first-order valence-electron chi connectivity index (χ1n) is 6.64. The number of nitrogens with two attached hydrogens (primary N) is 1. The van der Waals surface area contributed by atoms with Gasteiger partial charge in [-0.2, -0.15) is 0 Å². The van der Waals surface area contributed by atoms with E-state index in [9.17, 15) is 8.78 Å². The summed E-state index contributed by atoms with van der Waals surface area (Å²) in [6, 6.07) is 9.80. The third-order valence-electron chi connectivity index (χ3n) is 3.17. The van der Waals surface area contributed by atoms with E-state index in [1.54, 1.807) is 18.2 Å². The lowest BCUT2D eigenvalue weighted by atomic mass is 10.0. The predicted octanol–water partition coefficient (Wildman–Crippen LogP) is 4.48. The molecule has 0 fully saturated rings. The predicted molar refractivity (Wildman–Crippen MR) is 79.4 cm³/mol. The molecule has 0 aliphatic carbocycles. The number of benzene rings is 2. The lowest BCUT2D eigenvalue weighted by Crippen LogP contribution is -2.31. The van der Waals surface area contributed by atoms with Crippen molar-refractivity contribution in [2.24, 2.45) is 5.73 Å². The number of ether oxygens (including phenoxy) is 1. The third kappa shape index (κ3) is 3.93. The van der Waals surface area contributed by atoms with E-state index < -0.39 is 17.7 Å². The highest BCUT2D eigenvalue weighted by Crippen LogP contribution is 2.30. The lowest BCUT2D eigenvalue weighted by Gasteiger charge is -2.25. The molecule has 0 aliphatic heterocycles. The van der Waals surface area contributed by atoms with Gasteiger partial charge in [0.2, 0.25) is 0 Å². The van der Waals surface area contributed by atoms with Gasteiger partial charge in [0.15, 0.2) is 0 Å². The quantitative estimate of drug-likeness (QED) is 0.884. The molecule has 21 heavy (non-hydrogen) atoms. The van der Waals surface area contributed by atoms with Crippen molar-refractivity contribution in [3.8, 4) is 5.75 Å². The fourth-order valence-electron chi connectivity index (χ4n) is 2.04. The van der Waals surface area contributed by atoms with Crippen molar-refractivity contribution in [2.75, 3.05) is 0 Å². The van der Waals surface area contributed by atoms with Crippen molar-refractivity contribution in [1.82, 2.24) is 0 Å². The Balaban J connectivity index is 2.35. The standard InChI is InChI=1S/C16H16ClF2NO/c1-2-15(20)16(13-5-3-4-6-14(13)17)21-12-8-10(18)7-11(19)9-12/h3-9,15-16H,2,20H2,1H3. The van der Waals surface area contributed by atoms with Gasteiger partial charge in [-0.05, 0) is 12.5 Å². The van der Waals surface area contributed by atoms with Gasteiger partial charge < -0.3 is 10.5 Å². The van der Waals surface area contributed by atoms with Crippen LogP contribution in [-0.2, 0) is 0 Å². The Morgan fingerprint density at radius 2 is 1.76 bits per heavy atom. The van der Waals surface area contributed by atoms with Gasteiger partial charge in [0.1, 0.15) is 23.5 Å². The van der Waals surface area contributed by atoms with Crippen LogP contribution in [0.4, 0.5) is 8.78 Å². The second-order valence-corrected chi connectivity index (χ2v) is 5.14. The molecule has 0 amide bonds. The minimum Gasteiger partial charge on any atom is -0.484 e. The molecule has 0 saturated carbocycles. The molecule has 2 N–H and O–H groups in total. The first-order valence-corrected chi connectivity index (χ1v) is 7.01. The summed E-state index contributed by atoms with van der Waals surface area (Å²) in [5.74, 6) is -1.32. The van der Waals surface area contributed by atoms with Crippen LogP contribution in [0.25, 0.3) is 0 Å². The van der Waals surface area contributed by atoms with Crippen molar-refractivity contribution >= 4 is 11.6 Å². The van der Waals surface area contributed by atoms with Crippen LogP contribution in [-0.4, -0.2) is 6.04 Å². The van der Waals surface area contributed by atoms with Gasteiger partial charge in [0.25, 0.3) is 0 Å². The molecule has 0 saturated heterocycles. The number of hydrogen-bond donors (Lipinski definition) is 1. The maximum atomic E-state index is 13.3. The van der Waals surface area contributed by atoms with E-state index in [2.05, 4.69) is 0 Å². The van der Waals surface area contributed by atoms with Crippen molar-refractivity contribution in [2.45, 2.75) is 25.5 Å². The summed E-state index contributed by atoms with van der Waals surface area (Å²) in [5.41, 5.74) is 6.76.